The molecule has 2 N–H and O–H groups in total. The lowest BCUT2D eigenvalue weighted by atomic mass is 10.0. The molecule has 1 rings (SSSR count). The van der Waals surface area contributed by atoms with Crippen LogP contribution in [0.3, 0.4) is 0 Å². The zero-order chi connectivity index (χ0) is 14.6. The van der Waals surface area contributed by atoms with Crippen LogP contribution >= 0.6 is 0 Å². The lowest BCUT2D eigenvalue weighted by Crippen LogP contribution is -2.44. The molecule has 0 bridgehead atoms. The fraction of sp³-hybridized carbons (Fsp3) is 0.467. The first-order valence-corrected chi connectivity index (χ1v) is 6.39. The van der Waals surface area contributed by atoms with Crippen LogP contribution in [0.15, 0.2) is 18.2 Å². The van der Waals surface area contributed by atoms with Gasteiger partial charge < -0.3 is 10.4 Å². The molecule has 1 aromatic rings. The molecule has 0 radical (unpaired) electrons. The monoisotopic (exact) mass is 263 g/mol. The van der Waals surface area contributed by atoms with Crippen LogP contribution in [0, 0.1) is 19.8 Å². The van der Waals surface area contributed by atoms with Crippen molar-refractivity contribution in [1.82, 2.24) is 5.32 Å². The second-order valence-electron chi connectivity index (χ2n) is 5.23. The van der Waals surface area contributed by atoms with E-state index in [1.54, 1.807) is 13.8 Å². The number of carboxylic acids is 1. The molecular formula is C15H21NO3. The number of aryl methyl sites for hydroxylation is 2. The lowest BCUT2D eigenvalue weighted by Gasteiger charge is -2.18. The Morgan fingerprint density at radius 3 is 2.42 bits per heavy atom. The molecule has 0 heterocycles. The van der Waals surface area contributed by atoms with Crippen molar-refractivity contribution in [3.63, 3.8) is 0 Å². The molecule has 1 aromatic carbocycles. The third-order valence-corrected chi connectivity index (χ3v) is 3.10. The highest BCUT2D eigenvalue weighted by atomic mass is 16.4. The van der Waals surface area contributed by atoms with Crippen LogP contribution in [0.2, 0.25) is 0 Å². The van der Waals surface area contributed by atoms with E-state index < -0.39 is 12.0 Å². The van der Waals surface area contributed by atoms with Crippen molar-refractivity contribution < 1.29 is 14.7 Å². The van der Waals surface area contributed by atoms with Crippen LogP contribution in [-0.2, 0) is 16.0 Å². The predicted octanol–water partition coefficient (Wildman–Crippen LogP) is 2.07. The summed E-state index contributed by atoms with van der Waals surface area (Å²) in [5.41, 5.74) is 3.06. The number of hydrogen-bond acceptors (Lipinski definition) is 2. The second kappa shape index (κ2) is 6.36. The molecule has 4 heteroatoms. The Morgan fingerprint density at radius 2 is 1.89 bits per heavy atom. The molecule has 0 fully saturated rings. The molecule has 1 amide bonds. The van der Waals surface area contributed by atoms with Crippen LogP contribution < -0.4 is 5.32 Å². The third-order valence-electron chi connectivity index (χ3n) is 3.10. The third kappa shape index (κ3) is 4.39. The number of carbonyl (C=O) groups excluding carboxylic acids is 1. The normalized spacial score (nSPS) is 12.3. The molecule has 0 aliphatic rings. The Bertz CT molecular complexity index is 480. The van der Waals surface area contributed by atoms with Gasteiger partial charge in [-0.05, 0) is 30.9 Å². The Hall–Kier alpha value is -1.84. The first-order valence-electron chi connectivity index (χ1n) is 6.39. The van der Waals surface area contributed by atoms with E-state index in [2.05, 4.69) is 5.32 Å². The summed E-state index contributed by atoms with van der Waals surface area (Å²) in [6.45, 7) is 7.46. The maximum absolute atomic E-state index is 11.9. The number of carbonyl (C=O) groups is 2. The summed E-state index contributed by atoms with van der Waals surface area (Å²) in [7, 11) is 0. The van der Waals surface area contributed by atoms with E-state index >= 15 is 0 Å². The number of aliphatic carboxylic acids is 1. The fourth-order valence-electron chi connectivity index (χ4n) is 1.90. The van der Waals surface area contributed by atoms with Crippen molar-refractivity contribution >= 4 is 11.9 Å². The number of amides is 1. The topological polar surface area (TPSA) is 66.4 Å². The maximum atomic E-state index is 11.9. The van der Waals surface area contributed by atoms with Crippen molar-refractivity contribution in [2.24, 2.45) is 5.92 Å². The molecular weight excluding hydrogens is 242 g/mol. The number of hydrogen-bond donors (Lipinski definition) is 2. The first kappa shape index (κ1) is 15.2. The smallest absolute Gasteiger partial charge is 0.326 e. The van der Waals surface area contributed by atoms with E-state index in [9.17, 15) is 9.59 Å². The molecule has 0 aliphatic heterocycles. The van der Waals surface area contributed by atoms with Crippen LogP contribution in [0.1, 0.15) is 30.5 Å². The highest BCUT2D eigenvalue weighted by molar-refractivity contribution is 5.85. The minimum absolute atomic E-state index is 0.139. The van der Waals surface area contributed by atoms with Crippen LogP contribution in [0.4, 0.5) is 0 Å². The second-order valence-corrected chi connectivity index (χ2v) is 5.23. The van der Waals surface area contributed by atoms with Crippen molar-refractivity contribution in [1.29, 1.82) is 0 Å². The van der Waals surface area contributed by atoms with Gasteiger partial charge in [0.25, 0.3) is 0 Å². The van der Waals surface area contributed by atoms with Gasteiger partial charge in [-0.1, -0.05) is 37.6 Å². The molecule has 104 valence electrons. The summed E-state index contributed by atoms with van der Waals surface area (Å²) in [6.07, 6.45) is 0.212. The molecule has 0 unspecified atom stereocenters. The highest BCUT2D eigenvalue weighted by Crippen LogP contribution is 2.12. The van der Waals surface area contributed by atoms with Gasteiger partial charge in [0.2, 0.25) is 5.91 Å². The number of carboxylic acid groups (broad SMARTS) is 1. The Balaban J connectivity index is 2.74. The summed E-state index contributed by atoms with van der Waals surface area (Å²) < 4.78 is 0. The highest BCUT2D eigenvalue weighted by Gasteiger charge is 2.23. The molecule has 19 heavy (non-hydrogen) atoms. The minimum atomic E-state index is -0.996. The van der Waals surface area contributed by atoms with E-state index in [4.69, 9.17) is 5.11 Å². The van der Waals surface area contributed by atoms with Gasteiger partial charge in [0.15, 0.2) is 0 Å². The van der Waals surface area contributed by atoms with Gasteiger partial charge in [0, 0.05) is 0 Å². The molecule has 0 saturated heterocycles. The molecule has 0 aromatic heterocycles. The molecule has 4 nitrogen and oxygen atoms in total. The maximum Gasteiger partial charge on any atom is 0.326 e. The van der Waals surface area contributed by atoms with Crippen molar-refractivity contribution in [3.8, 4) is 0 Å². The molecule has 0 aliphatic carbocycles. The van der Waals surface area contributed by atoms with E-state index in [0.29, 0.717) is 0 Å². The van der Waals surface area contributed by atoms with E-state index in [1.165, 1.54) is 0 Å². The van der Waals surface area contributed by atoms with Crippen LogP contribution in [0.5, 0.6) is 0 Å². The molecule has 0 saturated carbocycles. The summed E-state index contributed by atoms with van der Waals surface area (Å²) in [5.74, 6) is -1.39. The molecule has 1 atom stereocenters. The van der Waals surface area contributed by atoms with E-state index in [1.807, 2.05) is 32.0 Å². The summed E-state index contributed by atoms with van der Waals surface area (Å²) >= 11 is 0. The number of rotatable bonds is 5. The van der Waals surface area contributed by atoms with Gasteiger partial charge in [0.1, 0.15) is 6.04 Å². The Labute approximate surface area is 113 Å². The van der Waals surface area contributed by atoms with Gasteiger partial charge in [-0.3, -0.25) is 4.79 Å². The Kier molecular flexibility index (Phi) is 5.10. The van der Waals surface area contributed by atoms with E-state index in [-0.39, 0.29) is 18.2 Å². The minimum Gasteiger partial charge on any atom is -0.480 e. The summed E-state index contributed by atoms with van der Waals surface area (Å²) in [4.78, 5) is 23.0. The largest absolute Gasteiger partial charge is 0.480 e. The zero-order valence-electron chi connectivity index (χ0n) is 11.9. The zero-order valence-corrected chi connectivity index (χ0v) is 11.9. The van der Waals surface area contributed by atoms with Gasteiger partial charge in [-0.15, -0.1) is 0 Å². The van der Waals surface area contributed by atoms with Gasteiger partial charge >= 0.3 is 5.97 Å². The SMILES string of the molecule is Cc1ccc(C)c(CC(=O)N[C@H](C(=O)O)C(C)C)c1. The van der Waals surface area contributed by atoms with Crippen molar-refractivity contribution in [3.05, 3.63) is 34.9 Å². The average molecular weight is 263 g/mol. The first-order chi connectivity index (χ1) is 8.81. The van der Waals surface area contributed by atoms with Crippen LogP contribution in [-0.4, -0.2) is 23.0 Å². The van der Waals surface area contributed by atoms with Crippen molar-refractivity contribution in [2.75, 3.05) is 0 Å². The lowest BCUT2D eigenvalue weighted by molar-refractivity contribution is -0.143. The van der Waals surface area contributed by atoms with Crippen molar-refractivity contribution in [2.45, 2.75) is 40.2 Å². The van der Waals surface area contributed by atoms with Gasteiger partial charge in [-0.2, -0.15) is 0 Å². The summed E-state index contributed by atoms with van der Waals surface area (Å²) in [6, 6.07) is 5.08. The van der Waals surface area contributed by atoms with Gasteiger partial charge in [0.05, 0.1) is 6.42 Å². The number of nitrogens with one attached hydrogen (secondary N) is 1. The average Bonchev–Trinajstić information content (AvgIpc) is 2.30. The van der Waals surface area contributed by atoms with Gasteiger partial charge in [-0.25, -0.2) is 4.79 Å². The fourth-order valence-corrected chi connectivity index (χ4v) is 1.90. The predicted molar refractivity (Wildman–Crippen MR) is 74.0 cm³/mol. The summed E-state index contributed by atoms with van der Waals surface area (Å²) in [5, 5.41) is 11.6. The molecule has 0 spiro atoms. The van der Waals surface area contributed by atoms with E-state index in [0.717, 1.165) is 16.7 Å². The van der Waals surface area contributed by atoms with Crippen LogP contribution in [0.25, 0.3) is 0 Å². The number of benzene rings is 1. The Morgan fingerprint density at radius 1 is 1.26 bits per heavy atom. The standard InChI is InChI=1S/C15H21NO3/c1-9(2)14(15(18)19)16-13(17)8-12-7-10(3)5-6-11(12)4/h5-7,9,14H,8H2,1-4H3,(H,16,17)(H,18,19)/t14-/m0/s1. The quantitative estimate of drug-likeness (QED) is 0.854.